The quantitative estimate of drug-likeness (QED) is 0.752. The fourth-order valence-corrected chi connectivity index (χ4v) is 1.95. The number of hydrogen-bond donors (Lipinski definition) is 2. The molecule has 1 aliphatic rings. The molecule has 0 saturated carbocycles. The molecule has 1 heterocycles. The van der Waals surface area contributed by atoms with Crippen LogP contribution in [0.3, 0.4) is 0 Å². The smallest absolute Gasteiger partial charge is 0.407 e. The number of nitrogens with one attached hydrogen (secondary N) is 2. The van der Waals surface area contributed by atoms with Gasteiger partial charge in [0.2, 0.25) is 5.91 Å². The van der Waals surface area contributed by atoms with Crippen molar-refractivity contribution >= 4 is 12.0 Å². The largest absolute Gasteiger partial charge is 0.444 e. The first-order valence-electron chi connectivity index (χ1n) is 7.16. The second-order valence-corrected chi connectivity index (χ2v) is 6.07. The number of hydrogen-bond acceptors (Lipinski definition) is 4. The summed E-state index contributed by atoms with van der Waals surface area (Å²) in [6.07, 6.45) is 1.48. The van der Waals surface area contributed by atoms with Crippen LogP contribution >= 0.6 is 0 Å². The standard InChI is InChI=1S/C14H26N2O4/c1-10-11(7-9-19-10)16-12(17)6-5-8-15-13(18)20-14(2,3)4/h10-11H,5-9H2,1-4H3,(H,15,18)(H,16,17)/t10-,11+/m0/s1. The molecule has 0 aromatic rings. The summed E-state index contributed by atoms with van der Waals surface area (Å²) in [4.78, 5) is 23.1. The molecule has 116 valence electrons. The summed E-state index contributed by atoms with van der Waals surface area (Å²) in [5.74, 6) is -0.00154. The van der Waals surface area contributed by atoms with Gasteiger partial charge >= 0.3 is 6.09 Å². The molecule has 1 aliphatic heterocycles. The third-order valence-corrected chi connectivity index (χ3v) is 2.97. The number of alkyl carbamates (subject to hydrolysis) is 1. The number of carbonyl (C=O) groups is 2. The van der Waals surface area contributed by atoms with Crippen LogP contribution in [0.25, 0.3) is 0 Å². The third kappa shape index (κ3) is 6.75. The van der Waals surface area contributed by atoms with Gasteiger partial charge in [-0.25, -0.2) is 4.79 Å². The van der Waals surface area contributed by atoms with Gasteiger partial charge in [0.1, 0.15) is 5.60 Å². The van der Waals surface area contributed by atoms with Crippen LogP contribution < -0.4 is 10.6 Å². The molecule has 0 unspecified atom stereocenters. The third-order valence-electron chi connectivity index (χ3n) is 2.97. The van der Waals surface area contributed by atoms with E-state index in [1.807, 2.05) is 27.7 Å². The zero-order valence-corrected chi connectivity index (χ0v) is 12.8. The number of carbonyl (C=O) groups excluding carboxylic acids is 2. The molecule has 1 rings (SSSR count). The Morgan fingerprint density at radius 1 is 1.35 bits per heavy atom. The topological polar surface area (TPSA) is 76.7 Å². The van der Waals surface area contributed by atoms with Crippen LogP contribution in [-0.2, 0) is 14.3 Å². The Labute approximate surface area is 120 Å². The Morgan fingerprint density at radius 2 is 2.05 bits per heavy atom. The lowest BCUT2D eigenvalue weighted by Gasteiger charge is -2.19. The lowest BCUT2D eigenvalue weighted by atomic mass is 10.1. The highest BCUT2D eigenvalue weighted by atomic mass is 16.6. The van der Waals surface area contributed by atoms with Gasteiger partial charge in [-0.3, -0.25) is 4.79 Å². The van der Waals surface area contributed by atoms with E-state index in [1.165, 1.54) is 0 Å². The van der Waals surface area contributed by atoms with Gasteiger partial charge in [-0.15, -0.1) is 0 Å². The second-order valence-electron chi connectivity index (χ2n) is 6.07. The van der Waals surface area contributed by atoms with Crippen molar-refractivity contribution in [3.63, 3.8) is 0 Å². The van der Waals surface area contributed by atoms with Crippen LogP contribution in [-0.4, -0.2) is 42.9 Å². The van der Waals surface area contributed by atoms with E-state index in [0.29, 0.717) is 26.0 Å². The van der Waals surface area contributed by atoms with Gasteiger partial charge in [-0.05, 0) is 40.5 Å². The van der Waals surface area contributed by atoms with Crippen molar-refractivity contribution in [3.8, 4) is 0 Å². The maximum absolute atomic E-state index is 11.7. The van der Waals surface area contributed by atoms with Crippen LogP contribution in [0.4, 0.5) is 4.79 Å². The van der Waals surface area contributed by atoms with Crippen LogP contribution in [0.2, 0.25) is 0 Å². The zero-order valence-electron chi connectivity index (χ0n) is 12.8. The van der Waals surface area contributed by atoms with Crippen LogP contribution in [0, 0.1) is 0 Å². The second kappa shape index (κ2) is 7.47. The van der Waals surface area contributed by atoms with Gasteiger partial charge in [0, 0.05) is 19.6 Å². The predicted molar refractivity (Wildman–Crippen MR) is 75.4 cm³/mol. The van der Waals surface area contributed by atoms with E-state index in [-0.39, 0.29) is 18.1 Å². The molecule has 0 aromatic carbocycles. The van der Waals surface area contributed by atoms with Crippen molar-refractivity contribution < 1.29 is 19.1 Å². The van der Waals surface area contributed by atoms with Gasteiger partial charge in [-0.2, -0.15) is 0 Å². The van der Waals surface area contributed by atoms with Gasteiger partial charge in [-0.1, -0.05) is 0 Å². The molecule has 2 N–H and O–H groups in total. The Kier molecular flexibility index (Phi) is 6.26. The minimum Gasteiger partial charge on any atom is -0.444 e. The average molecular weight is 286 g/mol. The highest BCUT2D eigenvalue weighted by molar-refractivity contribution is 5.76. The Morgan fingerprint density at radius 3 is 2.60 bits per heavy atom. The maximum atomic E-state index is 11.7. The van der Waals surface area contributed by atoms with Crippen molar-refractivity contribution in [3.05, 3.63) is 0 Å². The molecule has 1 fully saturated rings. The lowest BCUT2D eigenvalue weighted by Crippen LogP contribution is -2.39. The first-order valence-corrected chi connectivity index (χ1v) is 7.16. The molecule has 0 aliphatic carbocycles. The number of rotatable bonds is 5. The highest BCUT2D eigenvalue weighted by Crippen LogP contribution is 2.12. The number of amides is 2. The molecular formula is C14H26N2O4. The summed E-state index contributed by atoms with van der Waals surface area (Å²) in [6, 6.07) is 0.112. The predicted octanol–water partition coefficient (Wildman–Crippen LogP) is 1.58. The first-order chi connectivity index (χ1) is 9.28. The summed E-state index contributed by atoms with van der Waals surface area (Å²) < 4.78 is 10.5. The van der Waals surface area contributed by atoms with Crippen molar-refractivity contribution in [2.75, 3.05) is 13.2 Å². The summed E-state index contributed by atoms with van der Waals surface area (Å²) in [5.41, 5.74) is -0.500. The van der Waals surface area contributed by atoms with E-state index in [4.69, 9.17) is 9.47 Å². The minimum atomic E-state index is -0.500. The van der Waals surface area contributed by atoms with Gasteiger partial charge in [0.25, 0.3) is 0 Å². The molecular weight excluding hydrogens is 260 g/mol. The summed E-state index contributed by atoms with van der Waals surface area (Å²) in [5, 5.41) is 5.58. The van der Waals surface area contributed by atoms with Crippen molar-refractivity contribution in [1.82, 2.24) is 10.6 Å². The van der Waals surface area contributed by atoms with E-state index in [1.54, 1.807) is 0 Å². The normalized spacial score (nSPS) is 22.4. The average Bonchev–Trinajstić information content (AvgIpc) is 2.68. The maximum Gasteiger partial charge on any atom is 0.407 e. The molecule has 0 aromatic heterocycles. The van der Waals surface area contributed by atoms with E-state index in [9.17, 15) is 9.59 Å². The van der Waals surface area contributed by atoms with Gasteiger partial charge in [0.05, 0.1) is 12.1 Å². The Bertz CT molecular complexity index is 339. The molecule has 6 heteroatoms. The fraction of sp³-hybridized carbons (Fsp3) is 0.857. The molecule has 0 bridgehead atoms. The molecule has 2 amide bonds. The Balaban J connectivity index is 2.09. The minimum absolute atomic E-state index is 0.00154. The molecule has 20 heavy (non-hydrogen) atoms. The molecule has 0 spiro atoms. The lowest BCUT2D eigenvalue weighted by molar-refractivity contribution is -0.122. The first kappa shape index (κ1) is 16.8. The summed E-state index contributed by atoms with van der Waals surface area (Å²) in [6.45, 7) is 8.52. The molecule has 1 saturated heterocycles. The SMILES string of the molecule is C[C@@H]1OCC[C@H]1NC(=O)CCCNC(=O)OC(C)(C)C. The Hall–Kier alpha value is -1.30. The summed E-state index contributed by atoms with van der Waals surface area (Å²) in [7, 11) is 0. The van der Waals surface area contributed by atoms with Crippen LogP contribution in [0.5, 0.6) is 0 Å². The van der Waals surface area contributed by atoms with Gasteiger partial charge in [0.15, 0.2) is 0 Å². The summed E-state index contributed by atoms with van der Waals surface area (Å²) >= 11 is 0. The van der Waals surface area contributed by atoms with Crippen molar-refractivity contribution in [2.24, 2.45) is 0 Å². The van der Waals surface area contributed by atoms with E-state index in [2.05, 4.69) is 10.6 Å². The molecule has 6 nitrogen and oxygen atoms in total. The highest BCUT2D eigenvalue weighted by Gasteiger charge is 2.25. The van der Waals surface area contributed by atoms with Crippen LogP contribution in [0.15, 0.2) is 0 Å². The van der Waals surface area contributed by atoms with E-state index >= 15 is 0 Å². The molecule has 2 atom stereocenters. The van der Waals surface area contributed by atoms with E-state index < -0.39 is 11.7 Å². The van der Waals surface area contributed by atoms with Gasteiger partial charge < -0.3 is 20.1 Å². The van der Waals surface area contributed by atoms with Crippen molar-refractivity contribution in [2.45, 2.75) is 64.7 Å². The number of ether oxygens (including phenoxy) is 2. The van der Waals surface area contributed by atoms with Crippen molar-refractivity contribution in [1.29, 1.82) is 0 Å². The van der Waals surface area contributed by atoms with E-state index in [0.717, 1.165) is 6.42 Å². The zero-order chi connectivity index (χ0) is 15.2. The fourth-order valence-electron chi connectivity index (χ4n) is 1.95. The monoisotopic (exact) mass is 286 g/mol. The molecule has 0 radical (unpaired) electrons. The van der Waals surface area contributed by atoms with Crippen LogP contribution in [0.1, 0.15) is 47.0 Å².